The van der Waals surface area contributed by atoms with Crippen LogP contribution in [0.3, 0.4) is 0 Å². The second-order valence-corrected chi connectivity index (χ2v) is 3.71. The molecule has 0 saturated heterocycles. The lowest BCUT2D eigenvalue weighted by Gasteiger charge is -2.07. The van der Waals surface area contributed by atoms with Crippen LogP contribution in [0.2, 0.25) is 0 Å². The predicted octanol–water partition coefficient (Wildman–Crippen LogP) is 2.39. The number of hydrogen-bond donors (Lipinski definition) is 1. The molecule has 0 aliphatic rings. The molecule has 0 spiro atoms. The molecule has 2 N–H and O–H groups in total. The number of aryl methyl sites for hydroxylation is 1. The van der Waals surface area contributed by atoms with Gasteiger partial charge >= 0.3 is 0 Å². The van der Waals surface area contributed by atoms with E-state index in [1.165, 1.54) is 19.2 Å². The third kappa shape index (κ3) is 3.54. The number of halogens is 2. The lowest BCUT2D eigenvalue weighted by molar-refractivity contribution is 0.181. The van der Waals surface area contributed by atoms with Gasteiger partial charge in [-0.15, -0.1) is 0 Å². The number of hydrogen-bond acceptors (Lipinski definition) is 2. The standard InChI is InChI=1S/C12H17F2NO/c1-16-8-10-7-11(13)9(6-12(10)14)4-2-3-5-15/h6-7H,2-5,8,15H2,1H3. The fourth-order valence-corrected chi connectivity index (χ4v) is 1.55. The average Bonchev–Trinajstić information content (AvgIpc) is 2.25. The molecule has 0 atom stereocenters. The van der Waals surface area contributed by atoms with Crippen LogP contribution in [0.4, 0.5) is 8.78 Å². The third-order valence-electron chi connectivity index (χ3n) is 2.42. The SMILES string of the molecule is COCc1cc(F)c(CCCCN)cc1F. The van der Waals surface area contributed by atoms with Crippen molar-refractivity contribution >= 4 is 0 Å². The first-order valence-corrected chi connectivity index (χ1v) is 5.34. The fourth-order valence-electron chi connectivity index (χ4n) is 1.55. The molecule has 0 bridgehead atoms. The predicted molar refractivity (Wildman–Crippen MR) is 59.1 cm³/mol. The quantitative estimate of drug-likeness (QED) is 0.760. The van der Waals surface area contributed by atoms with Crippen LogP contribution in [0, 0.1) is 11.6 Å². The summed E-state index contributed by atoms with van der Waals surface area (Å²) < 4.78 is 31.8. The molecule has 0 aliphatic carbocycles. The van der Waals surface area contributed by atoms with E-state index in [0.29, 0.717) is 18.5 Å². The second-order valence-electron chi connectivity index (χ2n) is 3.71. The summed E-state index contributed by atoms with van der Waals surface area (Å²) in [5.41, 5.74) is 6.00. The van der Waals surface area contributed by atoms with Crippen molar-refractivity contribution in [2.75, 3.05) is 13.7 Å². The summed E-state index contributed by atoms with van der Waals surface area (Å²) in [6.07, 6.45) is 2.12. The Labute approximate surface area is 94.4 Å². The van der Waals surface area contributed by atoms with Crippen LogP contribution >= 0.6 is 0 Å². The second kappa shape index (κ2) is 6.55. The van der Waals surface area contributed by atoms with Gasteiger partial charge in [0.25, 0.3) is 0 Å². The molecule has 0 fully saturated rings. The molecule has 1 rings (SSSR count). The number of benzene rings is 1. The van der Waals surface area contributed by atoms with E-state index in [-0.39, 0.29) is 18.0 Å². The van der Waals surface area contributed by atoms with Crippen LogP contribution in [0.5, 0.6) is 0 Å². The topological polar surface area (TPSA) is 35.2 Å². The van der Waals surface area contributed by atoms with Crippen molar-refractivity contribution in [2.45, 2.75) is 25.9 Å². The molecule has 0 aromatic heterocycles. The summed E-state index contributed by atoms with van der Waals surface area (Å²) in [5.74, 6) is -0.781. The van der Waals surface area contributed by atoms with Crippen LogP contribution in [-0.2, 0) is 17.8 Å². The normalized spacial score (nSPS) is 10.8. The fraction of sp³-hybridized carbons (Fsp3) is 0.500. The molecular formula is C12H17F2NO. The Bertz CT molecular complexity index is 342. The summed E-state index contributed by atoms with van der Waals surface area (Å²) in [5, 5.41) is 0. The van der Waals surface area contributed by atoms with E-state index in [0.717, 1.165) is 12.8 Å². The Morgan fingerprint density at radius 2 is 1.75 bits per heavy atom. The van der Waals surface area contributed by atoms with Gasteiger partial charge in [0.05, 0.1) is 6.61 Å². The van der Waals surface area contributed by atoms with Crippen molar-refractivity contribution in [3.63, 3.8) is 0 Å². The summed E-state index contributed by atoms with van der Waals surface area (Å²) >= 11 is 0. The van der Waals surface area contributed by atoms with Crippen molar-refractivity contribution in [1.82, 2.24) is 0 Å². The largest absolute Gasteiger partial charge is 0.380 e. The number of ether oxygens (including phenoxy) is 1. The monoisotopic (exact) mass is 229 g/mol. The molecule has 90 valence electrons. The Morgan fingerprint density at radius 3 is 2.38 bits per heavy atom. The molecule has 0 radical (unpaired) electrons. The molecule has 0 aliphatic heterocycles. The van der Waals surface area contributed by atoms with Crippen LogP contribution < -0.4 is 5.73 Å². The van der Waals surface area contributed by atoms with Crippen LogP contribution in [-0.4, -0.2) is 13.7 Å². The van der Waals surface area contributed by atoms with Gasteiger partial charge in [0, 0.05) is 12.7 Å². The maximum absolute atomic E-state index is 13.5. The Hall–Kier alpha value is -1.00. The number of rotatable bonds is 6. The number of nitrogens with two attached hydrogens (primary N) is 1. The molecule has 1 aromatic rings. The van der Waals surface area contributed by atoms with E-state index >= 15 is 0 Å². The highest BCUT2D eigenvalue weighted by atomic mass is 19.1. The smallest absolute Gasteiger partial charge is 0.129 e. The van der Waals surface area contributed by atoms with E-state index in [1.54, 1.807) is 0 Å². The highest BCUT2D eigenvalue weighted by molar-refractivity contribution is 5.26. The van der Waals surface area contributed by atoms with Crippen molar-refractivity contribution < 1.29 is 13.5 Å². The van der Waals surface area contributed by atoms with Gasteiger partial charge in [-0.3, -0.25) is 0 Å². The van der Waals surface area contributed by atoms with Gasteiger partial charge in [0.1, 0.15) is 11.6 Å². The molecule has 2 nitrogen and oxygen atoms in total. The van der Waals surface area contributed by atoms with E-state index in [9.17, 15) is 8.78 Å². The maximum Gasteiger partial charge on any atom is 0.129 e. The van der Waals surface area contributed by atoms with Gasteiger partial charge in [0.2, 0.25) is 0 Å². The molecule has 0 amide bonds. The zero-order valence-corrected chi connectivity index (χ0v) is 9.43. The minimum atomic E-state index is -0.411. The Balaban J connectivity index is 2.75. The minimum Gasteiger partial charge on any atom is -0.380 e. The van der Waals surface area contributed by atoms with Crippen molar-refractivity contribution in [3.05, 3.63) is 34.9 Å². The third-order valence-corrected chi connectivity index (χ3v) is 2.42. The van der Waals surface area contributed by atoms with E-state index < -0.39 is 5.82 Å². The van der Waals surface area contributed by atoms with Crippen LogP contribution in [0.15, 0.2) is 12.1 Å². The van der Waals surface area contributed by atoms with E-state index in [2.05, 4.69) is 0 Å². The van der Waals surface area contributed by atoms with Gasteiger partial charge < -0.3 is 10.5 Å². The first kappa shape index (κ1) is 13.1. The van der Waals surface area contributed by atoms with Crippen LogP contribution in [0.1, 0.15) is 24.0 Å². The van der Waals surface area contributed by atoms with Crippen LogP contribution in [0.25, 0.3) is 0 Å². The molecular weight excluding hydrogens is 212 g/mol. The van der Waals surface area contributed by atoms with Gasteiger partial charge in [-0.2, -0.15) is 0 Å². The molecule has 1 aromatic carbocycles. The summed E-state index contributed by atoms with van der Waals surface area (Å²) in [6, 6.07) is 2.46. The molecule has 16 heavy (non-hydrogen) atoms. The maximum atomic E-state index is 13.5. The molecule has 0 heterocycles. The number of unbranched alkanes of at least 4 members (excludes halogenated alkanes) is 1. The lowest BCUT2D eigenvalue weighted by Crippen LogP contribution is -2.02. The molecule has 0 saturated carbocycles. The highest BCUT2D eigenvalue weighted by Crippen LogP contribution is 2.17. The summed E-state index contributed by atoms with van der Waals surface area (Å²) in [7, 11) is 1.45. The van der Waals surface area contributed by atoms with Crippen molar-refractivity contribution in [2.24, 2.45) is 5.73 Å². The first-order valence-electron chi connectivity index (χ1n) is 5.34. The Kier molecular flexibility index (Phi) is 5.35. The Morgan fingerprint density at radius 1 is 1.12 bits per heavy atom. The summed E-state index contributed by atoms with van der Waals surface area (Å²) in [4.78, 5) is 0. The van der Waals surface area contributed by atoms with Gasteiger partial charge in [-0.25, -0.2) is 8.78 Å². The average molecular weight is 229 g/mol. The van der Waals surface area contributed by atoms with E-state index in [1.807, 2.05) is 0 Å². The number of methoxy groups -OCH3 is 1. The van der Waals surface area contributed by atoms with Crippen molar-refractivity contribution in [3.8, 4) is 0 Å². The zero-order valence-electron chi connectivity index (χ0n) is 9.43. The van der Waals surface area contributed by atoms with Gasteiger partial charge in [0.15, 0.2) is 0 Å². The minimum absolute atomic E-state index is 0.0891. The summed E-state index contributed by atoms with van der Waals surface area (Å²) in [6.45, 7) is 0.664. The molecule has 0 unspecified atom stereocenters. The zero-order chi connectivity index (χ0) is 12.0. The van der Waals surface area contributed by atoms with Crippen molar-refractivity contribution in [1.29, 1.82) is 0 Å². The van der Waals surface area contributed by atoms with E-state index in [4.69, 9.17) is 10.5 Å². The van der Waals surface area contributed by atoms with Gasteiger partial charge in [-0.1, -0.05) is 0 Å². The molecule has 4 heteroatoms. The van der Waals surface area contributed by atoms with Gasteiger partial charge in [-0.05, 0) is 43.5 Å². The first-order chi connectivity index (χ1) is 7.69. The lowest BCUT2D eigenvalue weighted by atomic mass is 10.0. The highest BCUT2D eigenvalue weighted by Gasteiger charge is 2.09.